The zero-order chi connectivity index (χ0) is 13.7. The number of rotatable bonds is 5. The quantitative estimate of drug-likeness (QED) is 0.829. The Morgan fingerprint density at radius 2 is 2.47 bits per heavy atom. The van der Waals surface area contributed by atoms with Crippen molar-refractivity contribution in [2.75, 3.05) is 13.1 Å². The lowest BCUT2D eigenvalue weighted by Gasteiger charge is -2.28. The molecule has 1 amide bonds. The highest BCUT2D eigenvalue weighted by molar-refractivity contribution is 5.81. The Morgan fingerprint density at radius 3 is 3.16 bits per heavy atom. The van der Waals surface area contributed by atoms with Crippen molar-refractivity contribution in [3.8, 4) is 0 Å². The maximum Gasteiger partial charge on any atom is 0.237 e. The standard InChI is InChI=1S/C14H24N4O/c1-3-11-4-7-15-13(10-11)14(19)16-8-5-12-6-9-17-18(12)2/h6,9,11,13,15H,3-5,7-8,10H2,1-2H3,(H,16,19). The molecule has 1 saturated heterocycles. The Bertz CT molecular complexity index is 415. The summed E-state index contributed by atoms with van der Waals surface area (Å²) in [5.41, 5.74) is 1.14. The van der Waals surface area contributed by atoms with Gasteiger partial charge < -0.3 is 10.6 Å². The average molecular weight is 264 g/mol. The molecule has 1 aliphatic heterocycles. The monoisotopic (exact) mass is 264 g/mol. The van der Waals surface area contributed by atoms with E-state index in [9.17, 15) is 4.79 Å². The summed E-state index contributed by atoms with van der Waals surface area (Å²) < 4.78 is 1.85. The van der Waals surface area contributed by atoms with E-state index < -0.39 is 0 Å². The third kappa shape index (κ3) is 3.80. The van der Waals surface area contributed by atoms with E-state index in [4.69, 9.17) is 0 Å². The van der Waals surface area contributed by atoms with Gasteiger partial charge in [0.05, 0.1) is 6.04 Å². The van der Waals surface area contributed by atoms with Crippen LogP contribution in [0, 0.1) is 5.92 Å². The van der Waals surface area contributed by atoms with Crippen LogP contribution in [0.4, 0.5) is 0 Å². The minimum atomic E-state index is -0.00904. The van der Waals surface area contributed by atoms with Crippen LogP contribution in [0.25, 0.3) is 0 Å². The normalized spacial score (nSPS) is 23.3. The van der Waals surface area contributed by atoms with Gasteiger partial charge in [-0.3, -0.25) is 9.48 Å². The molecule has 1 aromatic rings. The molecule has 5 nitrogen and oxygen atoms in total. The highest BCUT2D eigenvalue weighted by Gasteiger charge is 2.25. The first kappa shape index (κ1) is 14.1. The van der Waals surface area contributed by atoms with E-state index in [1.54, 1.807) is 6.20 Å². The van der Waals surface area contributed by atoms with Gasteiger partial charge in [0.15, 0.2) is 0 Å². The van der Waals surface area contributed by atoms with Crippen molar-refractivity contribution in [2.45, 2.75) is 38.6 Å². The Labute approximate surface area is 114 Å². The van der Waals surface area contributed by atoms with Crippen LogP contribution in [0.1, 0.15) is 31.9 Å². The molecular weight excluding hydrogens is 240 g/mol. The molecule has 1 aromatic heterocycles. The smallest absolute Gasteiger partial charge is 0.237 e. The number of hydrogen-bond donors (Lipinski definition) is 2. The number of piperidine rings is 1. The van der Waals surface area contributed by atoms with E-state index in [1.807, 2.05) is 17.8 Å². The lowest BCUT2D eigenvalue weighted by molar-refractivity contribution is -0.124. The van der Waals surface area contributed by atoms with Crippen molar-refractivity contribution < 1.29 is 4.79 Å². The molecule has 0 aliphatic carbocycles. The van der Waals surface area contributed by atoms with Crippen molar-refractivity contribution in [1.29, 1.82) is 0 Å². The number of nitrogens with one attached hydrogen (secondary N) is 2. The molecule has 2 heterocycles. The van der Waals surface area contributed by atoms with Gasteiger partial charge in [-0.05, 0) is 31.4 Å². The fourth-order valence-corrected chi connectivity index (χ4v) is 2.65. The molecule has 1 fully saturated rings. The van der Waals surface area contributed by atoms with Gasteiger partial charge in [-0.2, -0.15) is 5.10 Å². The minimum Gasteiger partial charge on any atom is -0.354 e. The summed E-state index contributed by atoms with van der Waals surface area (Å²) in [6.07, 6.45) is 5.93. The van der Waals surface area contributed by atoms with Gasteiger partial charge in [-0.25, -0.2) is 0 Å². The maximum absolute atomic E-state index is 12.1. The van der Waals surface area contributed by atoms with Crippen LogP contribution in [-0.2, 0) is 18.3 Å². The van der Waals surface area contributed by atoms with Crippen molar-refractivity contribution >= 4 is 5.91 Å². The first-order valence-corrected chi connectivity index (χ1v) is 7.18. The van der Waals surface area contributed by atoms with Crippen LogP contribution in [-0.4, -0.2) is 34.8 Å². The Hall–Kier alpha value is -1.36. The summed E-state index contributed by atoms with van der Waals surface area (Å²) in [4.78, 5) is 12.1. The van der Waals surface area contributed by atoms with Gasteiger partial charge >= 0.3 is 0 Å². The second kappa shape index (κ2) is 6.70. The van der Waals surface area contributed by atoms with E-state index in [2.05, 4.69) is 22.7 Å². The second-order valence-electron chi connectivity index (χ2n) is 5.29. The van der Waals surface area contributed by atoms with Gasteiger partial charge in [0.25, 0.3) is 0 Å². The van der Waals surface area contributed by atoms with Crippen molar-refractivity contribution in [3.63, 3.8) is 0 Å². The molecule has 2 N–H and O–H groups in total. The molecule has 0 bridgehead atoms. The van der Waals surface area contributed by atoms with E-state index in [0.29, 0.717) is 12.5 Å². The summed E-state index contributed by atoms with van der Waals surface area (Å²) in [6.45, 7) is 3.83. The molecular formula is C14H24N4O. The van der Waals surface area contributed by atoms with Gasteiger partial charge in [0.1, 0.15) is 0 Å². The molecule has 0 saturated carbocycles. The molecule has 0 spiro atoms. The zero-order valence-electron chi connectivity index (χ0n) is 11.9. The van der Waals surface area contributed by atoms with Crippen LogP contribution in [0.15, 0.2) is 12.3 Å². The maximum atomic E-state index is 12.1. The van der Waals surface area contributed by atoms with Gasteiger partial charge in [0.2, 0.25) is 5.91 Å². The highest BCUT2D eigenvalue weighted by atomic mass is 16.2. The third-order valence-corrected chi connectivity index (χ3v) is 4.01. The zero-order valence-corrected chi connectivity index (χ0v) is 11.9. The molecule has 1 aliphatic rings. The molecule has 106 valence electrons. The lowest BCUT2D eigenvalue weighted by atomic mass is 9.90. The fourth-order valence-electron chi connectivity index (χ4n) is 2.65. The predicted octanol–water partition coefficient (Wildman–Crippen LogP) is 0.857. The number of aromatic nitrogens is 2. The third-order valence-electron chi connectivity index (χ3n) is 4.01. The topological polar surface area (TPSA) is 59.0 Å². The number of hydrogen-bond acceptors (Lipinski definition) is 3. The first-order chi connectivity index (χ1) is 9.20. The molecule has 19 heavy (non-hydrogen) atoms. The second-order valence-corrected chi connectivity index (χ2v) is 5.29. The van der Waals surface area contributed by atoms with Crippen LogP contribution < -0.4 is 10.6 Å². The Kier molecular flexibility index (Phi) is 4.96. The van der Waals surface area contributed by atoms with Crippen LogP contribution >= 0.6 is 0 Å². The Morgan fingerprint density at radius 1 is 1.63 bits per heavy atom. The van der Waals surface area contributed by atoms with Crippen LogP contribution in [0.3, 0.4) is 0 Å². The largest absolute Gasteiger partial charge is 0.354 e. The molecule has 0 radical (unpaired) electrons. The highest BCUT2D eigenvalue weighted by Crippen LogP contribution is 2.19. The summed E-state index contributed by atoms with van der Waals surface area (Å²) in [5, 5.41) is 10.4. The summed E-state index contributed by atoms with van der Waals surface area (Å²) in [5.74, 6) is 0.828. The lowest BCUT2D eigenvalue weighted by Crippen LogP contribution is -2.49. The van der Waals surface area contributed by atoms with E-state index in [-0.39, 0.29) is 11.9 Å². The summed E-state index contributed by atoms with van der Waals surface area (Å²) in [6, 6.07) is 1.98. The number of carbonyl (C=O) groups excluding carboxylic acids is 1. The molecule has 5 heteroatoms. The van der Waals surface area contributed by atoms with Crippen LogP contribution in [0.5, 0.6) is 0 Å². The van der Waals surface area contributed by atoms with Crippen molar-refractivity contribution in [3.05, 3.63) is 18.0 Å². The number of carbonyl (C=O) groups is 1. The van der Waals surface area contributed by atoms with Gasteiger partial charge in [0, 0.05) is 31.9 Å². The molecule has 2 rings (SSSR count). The SMILES string of the molecule is CCC1CCNC(C(=O)NCCc2ccnn2C)C1. The molecule has 2 unspecified atom stereocenters. The van der Waals surface area contributed by atoms with E-state index >= 15 is 0 Å². The summed E-state index contributed by atoms with van der Waals surface area (Å²) in [7, 11) is 1.92. The molecule has 0 aromatic carbocycles. The van der Waals surface area contributed by atoms with Crippen molar-refractivity contribution in [2.24, 2.45) is 13.0 Å². The van der Waals surface area contributed by atoms with E-state index in [0.717, 1.165) is 25.1 Å². The minimum absolute atomic E-state index is 0.00904. The molecule has 2 atom stereocenters. The first-order valence-electron chi connectivity index (χ1n) is 7.18. The fraction of sp³-hybridized carbons (Fsp3) is 0.714. The number of nitrogens with zero attached hydrogens (tertiary/aromatic N) is 2. The predicted molar refractivity (Wildman–Crippen MR) is 74.7 cm³/mol. The number of amides is 1. The average Bonchev–Trinajstić information content (AvgIpc) is 2.84. The van der Waals surface area contributed by atoms with Crippen molar-refractivity contribution in [1.82, 2.24) is 20.4 Å². The Balaban J connectivity index is 1.73. The number of aryl methyl sites for hydroxylation is 1. The van der Waals surface area contributed by atoms with E-state index in [1.165, 1.54) is 12.8 Å². The van der Waals surface area contributed by atoms with Gasteiger partial charge in [-0.1, -0.05) is 13.3 Å². The van der Waals surface area contributed by atoms with Crippen LogP contribution in [0.2, 0.25) is 0 Å². The van der Waals surface area contributed by atoms with Gasteiger partial charge in [-0.15, -0.1) is 0 Å². The summed E-state index contributed by atoms with van der Waals surface area (Å²) >= 11 is 0.